The molecule has 0 aromatic heterocycles. The molecule has 0 N–H and O–H groups in total. The molecule has 0 heteroatoms. The molecule has 0 spiro atoms. The van der Waals surface area contributed by atoms with E-state index in [0.29, 0.717) is 0 Å². The summed E-state index contributed by atoms with van der Waals surface area (Å²) in [5.41, 5.74) is 10.8. The van der Waals surface area contributed by atoms with Crippen molar-refractivity contribution in [2.24, 2.45) is 0 Å². The summed E-state index contributed by atoms with van der Waals surface area (Å²) in [7, 11) is 0. The average Bonchev–Trinajstić information content (AvgIpc) is 3.10. The summed E-state index contributed by atoms with van der Waals surface area (Å²) < 4.78 is 0. The van der Waals surface area contributed by atoms with Crippen molar-refractivity contribution in [1.82, 2.24) is 0 Å². The third kappa shape index (κ3) is 3.85. The van der Waals surface area contributed by atoms with E-state index in [2.05, 4.69) is 158 Å². The number of allylic oxidation sites excluding steroid dienone is 1. The zero-order chi connectivity index (χ0) is 29.0. The second-order valence-electron chi connectivity index (χ2n) is 11.9. The maximum Gasteiger partial charge on any atom is -0.00201 e. The standard InChI is InChI=1S/C44H30/c1-2-14-31-28-32(25-24-29(31)12-1)34-26-27-42(36-18-6-5-17-35(34)36)44-40-21-9-7-19-38(40)43(39-20-8-10-22-41(39)44)37-23-11-15-30-13-3-4-16-33(30)37/h1-23,26-28H,24-25H2. The van der Waals surface area contributed by atoms with Gasteiger partial charge in [0.25, 0.3) is 0 Å². The lowest BCUT2D eigenvalue weighted by Gasteiger charge is -2.22. The predicted molar refractivity (Wildman–Crippen MR) is 190 cm³/mol. The Morgan fingerprint density at radius 2 is 0.795 bits per heavy atom. The van der Waals surface area contributed by atoms with Crippen molar-refractivity contribution in [1.29, 1.82) is 0 Å². The van der Waals surface area contributed by atoms with Crippen LogP contribution in [0.4, 0.5) is 0 Å². The second-order valence-corrected chi connectivity index (χ2v) is 11.9. The highest BCUT2D eigenvalue weighted by molar-refractivity contribution is 6.25. The minimum absolute atomic E-state index is 1.06. The van der Waals surface area contributed by atoms with E-state index in [0.717, 1.165) is 12.8 Å². The molecule has 206 valence electrons. The average molecular weight is 559 g/mol. The molecular weight excluding hydrogens is 528 g/mol. The molecule has 0 fully saturated rings. The van der Waals surface area contributed by atoms with Gasteiger partial charge in [-0.05, 0) is 100 Å². The highest BCUT2D eigenvalue weighted by atomic mass is 14.2. The van der Waals surface area contributed by atoms with Gasteiger partial charge in [0, 0.05) is 0 Å². The van der Waals surface area contributed by atoms with Crippen molar-refractivity contribution in [3.63, 3.8) is 0 Å². The molecule has 0 heterocycles. The minimum atomic E-state index is 1.06. The Labute approximate surface area is 257 Å². The fraction of sp³-hybridized carbons (Fsp3) is 0.0455. The molecule has 0 aliphatic heterocycles. The van der Waals surface area contributed by atoms with E-state index in [1.807, 2.05) is 0 Å². The summed E-state index contributed by atoms with van der Waals surface area (Å²) in [5, 5.41) is 10.3. The second kappa shape index (κ2) is 10.1. The molecular formula is C44H30. The van der Waals surface area contributed by atoms with Crippen LogP contribution in [0, 0.1) is 0 Å². The van der Waals surface area contributed by atoms with Crippen LogP contribution in [-0.2, 0) is 6.42 Å². The molecule has 0 saturated heterocycles. The van der Waals surface area contributed by atoms with E-state index in [4.69, 9.17) is 0 Å². The van der Waals surface area contributed by atoms with Crippen molar-refractivity contribution in [3.8, 4) is 22.3 Å². The minimum Gasteiger partial charge on any atom is -0.0620 e. The van der Waals surface area contributed by atoms with Gasteiger partial charge in [-0.25, -0.2) is 0 Å². The fourth-order valence-electron chi connectivity index (χ4n) is 7.59. The van der Waals surface area contributed by atoms with Crippen LogP contribution < -0.4 is 0 Å². The first-order valence-electron chi connectivity index (χ1n) is 15.6. The van der Waals surface area contributed by atoms with Crippen molar-refractivity contribution >= 4 is 54.7 Å². The molecule has 0 nitrogen and oxygen atoms in total. The molecule has 0 saturated carbocycles. The van der Waals surface area contributed by atoms with E-state index < -0.39 is 0 Å². The van der Waals surface area contributed by atoms with Crippen LogP contribution in [0.3, 0.4) is 0 Å². The Morgan fingerprint density at radius 1 is 0.318 bits per heavy atom. The fourth-order valence-corrected chi connectivity index (χ4v) is 7.59. The molecule has 44 heavy (non-hydrogen) atoms. The van der Waals surface area contributed by atoms with Crippen LogP contribution in [0.1, 0.15) is 23.1 Å². The van der Waals surface area contributed by atoms with Crippen LogP contribution in [-0.4, -0.2) is 0 Å². The lowest BCUT2D eigenvalue weighted by molar-refractivity contribution is 1.00. The number of hydrogen-bond acceptors (Lipinski definition) is 0. The molecule has 8 aromatic carbocycles. The summed E-state index contributed by atoms with van der Waals surface area (Å²) in [6.07, 6.45) is 4.55. The zero-order valence-corrected chi connectivity index (χ0v) is 24.4. The van der Waals surface area contributed by atoms with E-state index in [-0.39, 0.29) is 0 Å². The van der Waals surface area contributed by atoms with E-state index in [1.54, 1.807) is 0 Å². The zero-order valence-electron chi connectivity index (χ0n) is 24.4. The van der Waals surface area contributed by atoms with Gasteiger partial charge in [-0.2, -0.15) is 0 Å². The molecule has 0 amide bonds. The largest absolute Gasteiger partial charge is 0.0620 e. The van der Waals surface area contributed by atoms with Crippen LogP contribution in [0.5, 0.6) is 0 Å². The van der Waals surface area contributed by atoms with Crippen molar-refractivity contribution in [2.75, 3.05) is 0 Å². The normalized spacial score (nSPS) is 13.0. The maximum atomic E-state index is 2.41. The third-order valence-electron chi connectivity index (χ3n) is 9.58. The number of fused-ring (bicyclic) bond motifs is 5. The van der Waals surface area contributed by atoms with Gasteiger partial charge in [0.2, 0.25) is 0 Å². The molecule has 0 unspecified atom stereocenters. The first-order chi connectivity index (χ1) is 21.8. The Kier molecular flexibility index (Phi) is 5.74. The predicted octanol–water partition coefficient (Wildman–Crippen LogP) is 12.1. The van der Waals surface area contributed by atoms with Crippen molar-refractivity contribution < 1.29 is 0 Å². The van der Waals surface area contributed by atoms with Gasteiger partial charge in [-0.1, -0.05) is 158 Å². The van der Waals surface area contributed by atoms with Crippen LogP contribution in [0.15, 0.2) is 152 Å². The van der Waals surface area contributed by atoms with Gasteiger partial charge in [-0.15, -0.1) is 0 Å². The van der Waals surface area contributed by atoms with E-state index in [1.165, 1.54) is 87.6 Å². The topological polar surface area (TPSA) is 0 Å². The molecule has 9 rings (SSSR count). The number of hydrogen-bond donors (Lipinski definition) is 0. The highest BCUT2D eigenvalue weighted by Gasteiger charge is 2.20. The monoisotopic (exact) mass is 558 g/mol. The number of rotatable bonds is 3. The van der Waals surface area contributed by atoms with Gasteiger partial charge in [0.1, 0.15) is 0 Å². The lowest BCUT2D eigenvalue weighted by Crippen LogP contribution is -1.99. The van der Waals surface area contributed by atoms with Crippen LogP contribution >= 0.6 is 0 Å². The Bertz CT molecular complexity index is 2380. The van der Waals surface area contributed by atoms with Crippen molar-refractivity contribution in [3.05, 3.63) is 168 Å². The quantitative estimate of drug-likeness (QED) is 0.189. The smallest absolute Gasteiger partial charge is 0.00201 e. The van der Waals surface area contributed by atoms with Crippen LogP contribution in [0.25, 0.3) is 77.0 Å². The van der Waals surface area contributed by atoms with Gasteiger partial charge in [0.05, 0.1) is 0 Å². The molecule has 0 bridgehead atoms. The molecule has 1 aliphatic rings. The summed E-state index contributed by atoms with van der Waals surface area (Å²) >= 11 is 0. The molecule has 8 aromatic rings. The Balaban J connectivity index is 1.35. The molecule has 1 aliphatic carbocycles. The Hall–Kier alpha value is -5.46. The Morgan fingerprint density at radius 3 is 1.48 bits per heavy atom. The number of aryl methyl sites for hydroxylation is 1. The first kappa shape index (κ1) is 25.1. The van der Waals surface area contributed by atoms with Gasteiger partial charge in [-0.3, -0.25) is 0 Å². The van der Waals surface area contributed by atoms with E-state index in [9.17, 15) is 0 Å². The third-order valence-corrected chi connectivity index (χ3v) is 9.58. The summed E-state index contributed by atoms with van der Waals surface area (Å²) in [6, 6.07) is 56.0. The molecule has 0 radical (unpaired) electrons. The van der Waals surface area contributed by atoms with Crippen molar-refractivity contribution in [2.45, 2.75) is 12.8 Å². The maximum absolute atomic E-state index is 2.41. The van der Waals surface area contributed by atoms with Crippen LogP contribution in [0.2, 0.25) is 0 Å². The number of benzene rings is 8. The summed E-state index contributed by atoms with van der Waals surface area (Å²) in [5.74, 6) is 0. The van der Waals surface area contributed by atoms with Gasteiger partial charge in [0.15, 0.2) is 0 Å². The summed E-state index contributed by atoms with van der Waals surface area (Å²) in [4.78, 5) is 0. The SMILES string of the molecule is C1=C(c2ccc(-c3c4ccccc4c(-c4cccc5ccccc45)c4ccccc34)c3ccccc23)CCc2ccccc21. The lowest BCUT2D eigenvalue weighted by atomic mass is 9.82. The van der Waals surface area contributed by atoms with Gasteiger partial charge < -0.3 is 0 Å². The highest BCUT2D eigenvalue weighted by Crippen LogP contribution is 2.47. The first-order valence-corrected chi connectivity index (χ1v) is 15.6. The van der Waals surface area contributed by atoms with Gasteiger partial charge >= 0.3 is 0 Å². The molecule has 0 atom stereocenters. The van der Waals surface area contributed by atoms with E-state index >= 15 is 0 Å². The summed E-state index contributed by atoms with van der Waals surface area (Å²) in [6.45, 7) is 0.